The van der Waals surface area contributed by atoms with Crippen molar-refractivity contribution in [3.63, 3.8) is 0 Å². The third-order valence-corrected chi connectivity index (χ3v) is 2.51. The van der Waals surface area contributed by atoms with Crippen LogP contribution in [0.4, 0.5) is 0 Å². The Labute approximate surface area is 93.6 Å². The van der Waals surface area contributed by atoms with Gasteiger partial charge in [-0.05, 0) is 31.0 Å². The number of carboxylic acids is 1. The van der Waals surface area contributed by atoms with Crippen LogP contribution in [0.15, 0.2) is 12.1 Å². The molecule has 0 aliphatic carbocycles. The van der Waals surface area contributed by atoms with Gasteiger partial charge in [0.1, 0.15) is 5.75 Å². The molecule has 0 atom stereocenters. The minimum absolute atomic E-state index is 0.242. The van der Waals surface area contributed by atoms with E-state index in [0.717, 1.165) is 0 Å². The zero-order chi connectivity index (χ0) is 11.4. The predicted molar refractivity (Wildman–Crippen MR) is 59.0 cm³/mol. The molecule has 0 aliphatic rings. The maximum absolute atomic E-state index is 10.9. The number of carbonyl (C=O) groups is 1. The van der Waals surface area contributed by atoms with E-state index in [2.05, 4.69) is 0 Å². The lowest BCUT2D eigenvalue weighted by molar-refractivity contribution is 0.0695. The van der Waals surface area contributed by atoms with Crippen LogP contribution in [0.5, 0.6) is 5.75 Å². The lowest BCUT2D eigenvalue weighted by atomic mass is 10.0. The molecule has 0 amide bonds. The summed E-state index contributed by atoms with van der Waals surface area (Å²) >= 11 is 6.05. The Morgan fingerprint density at radius 2 is 2.13 bits per heavy atom. The number of ether oxygens (including phenoxy) is 1. The summed E-state index contributed by atoms with van der Waals surface area (Å²) in [6.45, 7) is 4.23. The standard InChI is InChI=1S/C11H13ClO3/c1-3-7-8(11(13)14)5-6-9(10(7)12)15-4-2/h5-6H,3-4H2,1-2H3,(H,13,14). The van der Waals surface area contributed by atoms with Gasteiger partial charge >= 0.3 is 5.97 Å². The molecule has 0 spiro atoms. The van der Waals surface area contributed by atoms with Crippen LogP contribution in [-0.2, 0) is 6.42 Å². The molecule has 0 aromatic heterocycles. The van der Waals surface area contributed by atoms with E-state index in [0.29, 0.717) is 29.4 Å². The molecule has 0 radical (unpaired) electrons. The third kappa shape index (κ3) is 2.42. The molecule has 1 aromatic carbocycles. The molecule has 1 rings (SSSR count). The second-order valence-corrected chi connectivity index (χ2v) is 3.37. The van der Waals surface area contributed by atoms with Crippen molar-refractivity contribution < 1.29 is 14.6 Å². The van der Waals surface area contributed by atoms with Crippen molar-refractivity contribution in [3.8, 4) is 5.75 Å². The molecule has 4 heteroatoms. The first-order valence-electron chi connectivity index (χ1n) is 4.79. The van der Waals surface area contributed by atoms with E-state index in [9.17, 15) is 4.79 Å². The van der Waals surface area contributed by atoms with E-state index in [1.165, 1.54) is 6.07 Å². The van der Waals surface area contributed by atoms with E-state index >= 15 is 0 Å². The lowest BCUT2D eigenvalue weighted by Gasteiger charge is -2.11. The molecule has 0 saturated carbocycles. The minimum atomic E-state index is -0.961. The molecular weight excluding hydrogens is 216 g/mol. The van der Waals surface area contributed by atoms with Crippen molar-refractivity contribution >= 4 is 17.6 Å². The van der Waals surface area contributed by atoms with Gasteiger partial charge in [0, 0.05) is 0 Å². The van der Waals surface area contributed by atoms with Crippen molar-refractivity contribution in [1.29, 1.82) is 0 Å². The summed E-state index contributed by atoms with van der Waals surface area (Å²) in [7, 11) is 0. The van der Waals surface area contributed by atoms with Crippen LogP contribution in [0.2, 0.25) is 5.02 Å². The summed E-state index contributed by atoms with van der Waals surface area (Å²) in [5.74, 6) is -0.419. The fraction of sp³-hybridized carbons (Fsp3) is 0.364. The van der Waals surface area contributed by atoms with Crippen LogP contribution in [0.3, 0.4) is 0 Å². The van der Waals surface area contributed by atoms with Gasteiger partial charge in [0.15, 0.2) is 0 Å². The molecule has 0 saturated heterocycles. The zero-order valence-corrected chi connectivity index (χ0v) is 9.47. The second kappa shape index (κ2) is 5.03. The molecule has 0 fully saturated rings. The number of benzene rings is 1. The maximum atomic E-state index is 10.9. The van der Waals surface area contributed by atoms with E-state index in [4.69, 9.17) is 21.4 Å². The molecule has 3 nitrogen and oxygen atoms in total. The number of halogens is 1. The van der Waals surface area contributed by atoms with Crippen molar-refractivity contribution in [3.05, 3.63) is 28.3 Å². The van der Waals surface area contributed by atoms with Crippen LogP contribution in [0.1, 0.15) is 29.8 Å². The van der Waals surface area contributed by atoms with Gasteiger partial charge in [-0.2, -0.15) is 0 Å². The number of aromatic carboxylic acids is 1. The normalized spacial score (nSPS) is 10.1. The molecular formula is C11H13ClO3. The highest BCUT2D eigenvalue weighted by atomic mass is 35.5. The Bertz CT molecular complexity index is 374. The molecule has 0 aliphatic heterocycles. The second-order valence-electron chi connectivity index (χ2n) is 3.00. The molecule has 1 N–H and O–H groups in total. The minimum Gasteiger partial charge on any atom is -0.492 e. The smallest absolute Gasteiger partial charge is 0.336 e. The largest absolute Gasteiger partial charge is 0.492 e. The van der Waals surface area contributed by atoms with Gasteiger partial charge in [-0.3, -0.25) is 0 Å². The first-order valence-corrected chi connectivity index (χ1v) is 5.17. The molecule has 82 valence electrons. The quantitative estimate of drug-likeness (QED) is 0.862. The summed E-state index contributed by atoms with van der Waals surface area (Å²) in [6.07, 6.45) is 0.571. The Morgan fingerprint density at radius 1 is 1.47 bits per heavy atom. The van der Waals surface area contributed by atoms with Crippen molar-refractivity contribution in [2.45, 2.75) is 20.3 Å². The number of hydrogen-bond donors (Lipinski definition) is 1. The average Bonchev–Trinajstić information content (AvgIpc) is 2.20. The predicted octanol–water partition coefficient (Wildman–Crippen LogP) is 3.00. The van der Waals surface area contributed by atoms with Crippen molar-refractivity contribution in [2.75, 3.05) is 6.61 Å². The van der Waals surface area contributed by atoms with Gasteiger partial charge in [-0.25, -0.2) is 4.79 Å². The first kappa shape index (κ1) is 11.9. The Hall–Kier alpha value is -1.22. The molecule has 1 aromatic rings. The monoisotopic (exact) mass is 228 g/mol. The number of rotatable bonds is 4. The highest BCUT2D eigenvalue weighted by Crippen LogP contribution is 2.31. The van der Waals surface area contributed by atoms with Gasteiger partial charge in [-0.1, -0.05) is 18.5 Å². The van der Waals surface area contributed by atoms with Crippen LogP contribution in [0, 0.1) is 0 Å². The molecule has 0 bridgehead atoms. The van der Waals surface area contributed by atoms with Crippen LogP contribution in [0.25, 0.3) is 0 Å². The van der Waals surface area contributed by atoms with E-state index in [-0.39, 0.29) is 5.56 Å². The van der Waals surface area contributed by atoms with Crippen LogP contribution in [-0.4, -0.2) is 17.7 Å². The van der Waals surface area contributed by atoms with Crippen LogP contribution >= 0.6 is 11.6 Å². The van der Waals surface area contributed by atoms with Gasteiger partial charge in [-0.15, -0.1) is 0 Å². The van der Waals surface area contributed by atoms with Gasteiger partial charge in [0.25, 0.3) is 0 Å². The summed E-state index contributed by atoms with van der Waals surface area (Å²) in [5.41, 5.74) is 0.862. The lowest BCUT2D eigenvalue weighted by Crippen LogP contribution is -2.04. The summed E-state index contributed by atoms with van der Waals surface area (Å²) < 4.78 is 5.29. The summed E-state index contributed by atoms with van der Waals surface area (Å²) in [4.78, 5) is 10.9. The highest BCUT2D eigenvalue weighted by molar-refractivity contribution is 6.33. The molecule has 0 unspecified atom stereocenters. The van der Waals surface area contributed by atoms with Crippen molar-refractivity contribution in [2.24, 2.45) is 0 Å². The zero-order valence-electron chi connectivity index (χ0n) is 8.71. The average molecular weight is 229 g/mol. The molecule has 0 heterocycles. The number of hydrogen-bond acceptors (Lipinski definition) is 2. The summed E-state index contributed by atoms with van der Waals surface area (Å²) in [6, 6.07) is 3.12. The van der Waals surface area contributed by atoms with E-state index < -0.39 is 5.97 Å². The first-order chi connectivity index (χ1) is 7.11. The summed E-state index contributed by atoms with van der Waals surface area (Å²) in [5, 5.41) is 9.34. The Morgan fingerprint density at radius 3 is 2.60 bits per heavy atom. The maximum Gasteiger partial charge on any atom is 0.336 e. The van der Waals surface area contributed by atoms with Gasteiger partial charge in [0.05, 0.1) is 17.2 Å². The SMILES string of the molecule is CCOc1ccc(C(=O)O)c(CC)c1Cl. The Kier molecular flexibility index (Phi) is 3.97. The molecule has 15 heavy (non-hydrogen) atoms. The van der Waals surface area contributed by atoms with Gasteiger partial charge < -0.3 is 9.84 Å². The van der Waals surface area contributed by atoms with Crippen molar-refractivity contribution in [1.82, 2.24) is 0 Å². The fourth-order valence-electron chi connectivity index (χ4n) is 1.41. The van der Waals surface area contributed by atoms with E-state index in [1.54, 1.807) is 6.07 Å². The topological polar surface area (TPSA) is 46.5 Å². The third-order valence-electron chi connectivity index (χ3n) is 2.09. The fourth-order valence-corrected chi connectivity index (χ4v) is 1.77. The highest BCUT2D eigenvalue weighted by Gasteiger charge is 2.15. The van der Waals surface area contributed by atoms with E-state index in [1.807, 2.05) is 13.8 Å². The van der Waals surface area contributed by atoms with Gasteiger partial charge in [0.2, 0.25) is 0 Å². The Balaban J connectivity index is 3.26. The number of carboxylic acid groups (broad SMARTS) is 1. The van der Waals surface area contributed by atoms with Crippen LogP contribution < -0.4 is 4.74 Å².